The molecule has 2 heterocycles. The lowest BCUT2D eigenvalue weighted by atomic mass is 9.70. The molecule has 0 aliphatic carbocycles. The molecule has 1 fully saturated rings. The fraction of sp³-hybridized carbons (Fsp3) is 0.235. The minimum atomic E-state index is -1.13. The number of hydrogen-bond acceptors (Lipinski definition) is 3. The van der Waals surface area contributed by atoms with Crippen LogP contribution >= 0.6 is 11.6 Å². The van der Waals surface area contributed by atoms with E-state index in [1.807, 2.05) is 30.3 Å². The van der Waals surface area contributed by atoms with E-state index in [9.17, 15) is 9.90 Å². The van der Waals surface area contributed by atoms with Gasteiger partial charge in [0.2, 0.25) is 0 Å². The van der Waals surface area contributed by atoms with E-state index in [2.05, 4.69) is 0 Å². The third-order valence-electron chi connectivity index (χ3n) is 4.46. The highest BCUT2D eigenvalue weighted by atomic mass is 35.5. The first-order valence-electron chi connectivity index (χ1n) is 7.13. The van der Waals surface area contributed by atoms with E-state index in [1.165, 1.54) is 0 Å². The van der Waals surface area contributed by atoms with Crippen LogP contribution in [0.15, 0.2) is 48.5 Å². The van der Waals surface area contributed by atoms with Crippen LogP contribution in [-0.2, 0) is 10.3 Å². The summed E-state index contributed by atoms with van der Waals surface area (Å²) in [5.41, 5.74) is 0.668. The summed E-state index contributed by atoms with van der Waals surface area (Å²) < 4.78 is 5.76. The van der Waals surface area contributed by atoms with Gasteiger partial charge in [0.25, 0.3) is 5.91 Å². The molecule has 1 amide bonds. The van der Waals surface area contributed by atoms with Crippen molar-refractivity contribution < 1.29 is 14.6 Å². The molecule has 0 spiro atoms. The number of nitrogens with zero attached hydrogens (tertiary/aromatic N) is 1. The summed E-state index contributed by atoms with van der Waals surface area (Å²) in [6.07, 6.45) is -1.13. The van der Waals surface area contributed by atoms with E-state index in [0.29, 0.717) is 23.9 Å². The van der Waals surface area contributed by atoms with Crippen LogP contribution in [0.5, 0.6) is 5.75 Å². The molecule has 4 rings (SSSR count). The normalized spacial score (nSPS) is 26.4. The minimum Gasteiger partial charge on any atom is -0.491 e. The maximum absolute atomic E-state index is 12.2. The first-order chi connectivity index (χ1) is 10.7. The lowest BCUT2D eigenvalue weighted by molar-refractivity contribution is -0.180. The topological polar surface area (TPSA) is 49.8 Å². The molecule has 112 valence electrons. The Morgan fingerprint density at radius 1 is 1.23 bits per heavy atom. The Hall–Kier alpha value is -2.04. The van der Waals surface area contributed by atoms with Crippen molar-refractivity contribution in [2.45, 2.75) is 11.6 Å². The monoisotopic (exact) mass is 315 g/mol. The summed E-state index contributed by atoms with van der Waals surface area (Å²) in [7, 11) is 0. The number of ether oxygens (including phenoxy) is 1. The number of aliphatic hydroxyl groups is 1. The quantitative estimate of drug-likeness (QED) is 0.821. The first-order valence-corrected chi connectivity index (χ1v) is 7.51. The summed E-state index contributed by atoms with van der Waals surface area (Å²) in [6.45, 7) is 0.818. The number of carbonyl (C=O) groups is 1. The highest BCUT2D eigenvalue weighted by Gasteiger charge is 2.63. The molecule has 2 aliphatic rings. The van der Waals surface area contributed by atoms with Crippen LogP contribution in [0, 0.1) is 0 Å². The summed E-state index contributed by atoms with van der Waals surface area (Å²) >= 11 is 6.16. The molecule has 2 unspecified atom stereocenters. The number of rotatable bonds is 1. The van der Waals surface area contributed by atoms with Crippen LogP contribution in [-0.4, -0.2) is 35.2 Å². The SMILES string of the molecule is O=C1C(O)C2(c3ccccc3)c3cc(Cl)ccc3OCCN12. The average Bonchev–Trinajstić information content (AvgIpc) is 2.70. The lowest BCUT2D eigenvalue weighted by Crippen LogP contribution is -2.72. The van der Waals surface area contributed by atoms with Gasteiger partial charge >= 0.3 is 0 Å². The summed E-state index contributed by atoms with van der Waals surface area (Å²) in [4.78, 5) is 13.9. The Morgan fingerprint density at radius 2 is 2.00 bits per heavy atom. The molecule has 4 nitrogen and oxygen atoms in total. The van der Waals surface area contributed by atoms with Crippen LogP contribution in [0.4, 0.5) is 0 Å². The Labute approximate surface area is 132 Å². The van der Waals surface area contributed by atoms with Crippen molar-refractivity contribution in [3.8, 4) is 5.75 Å². The summed E-state index contributed by atoms with van der Waals surface area (Å²) in [6, 6.07) is 14.9. The number of carbonyl (C=O) groups excluding carboxylic acids is 1. The number of aliphatic hydroxyl groups excluding tert-OH is 1. The predicted molar refractivity (Wildman–Crippen MR) is 81.9 cm³/mol. The average molecular weight is 316 g/mol. The minimum absolute atomic E-state index is 0.278. The van der Waals surface area contributed by atoms with E-state index in [4.69, 9.17) is 16.3 Å². The van der Waals surface area contributed by atoms with Crippen LogP contribution in [0.3, 0.4) is 0 Å². The van der Waals surface area contributed by atoms with E-state index < -0.39 is 11.6 Å². The van der Waals surface area contributed by atoms with Crippen LogP contribution in [0.1, 0.15) is 11.1 Å². The van der Waals surface area contributed by atoms with E-state index >= 15 is 0 Å². The van der Waals surface area contributed by atoms with Gasteiger partial charge in [0.1, 0.15) is 17.9 Å². The predicted octanol–water partition coefficient (Wildman–Crippen LogP) is 2.18. The smallest absolute Gasteiger partial charge is 0.255 e. The third-order valence-corrected chi connectivity index (χ3v) is 4.70. The standard InChI is InChI=1S/C17H14ClNO3/c18-12-6-7-14-13(10-12)17(11-4-2-1-3-5-11)15(20)16(21)19(17)8-9-22-14/h1-7,10,15,20H,8-9H2. The summed E-state index contributed by atoms with van der Waals surface area (Å²) in [5, 5.41) is 11.1. The Balaban J connectivity index is 2.02. The first kappa shape index (κ1) is 13.6. The molecule has 2 atom stereocenters. The fourth-order valence-corrected chi connectivity index (χ4v) is 3.67. The van der Waals surface area contributed by atoms with Gasteiger partial charge in [-0.1, -0.05) is 41.9 Å². The van der Waals surface area contributed by atoms with Gasteiger partial charge in [-0.3, -0.25) is 4.79 Å². The molecule has 0 radical (unpaired) electrons. The number of hydrogen-bond donors (Lipinski definition) is 1. The van der Waals surface area contributed by atoms with Gasteiger partial charge in [0.15, 0.2) is 6.10 Å². The number of fused-ring (bicyclic) bond motifs is 3. The van der Waals surface area contributed by atoms with Gasteiger partial charge < -0.3 is 14.7 Å². The zero-order valence-electron chi connectivity index (χ0n) is 11.7. The van der Waals surface area contributed by atoms with Gasteiger partial charge in [0, 0.05) is 10.6 Å². The van der Waals surface area contributed by atoms with Crippen molar-refractivity contribution in [2.24, 2.45) is 0 Å². The maximum atomic E-state index is 12.2. The largest absolute Gasteiger partial charge is 0.491 e. The highest BCUT2D eigenvalue weighted by Crippen LogP contribution is 2.51. The number of halogens is 1. The number of benzene rings is 2. The Kier molecular flexibility index (Phi) is 2.93. The molecule has 2 aromatic carbocycles. The van der Waals surface area contributed by atoms with Crippen LogP contribution < -0.4 is 4.74 Å². The number of amides is 1. The molecule has 1 saturated heterocycles. The van der Waals surface area contributed by atoms with E-state index in [0.717, 1.165) is 11.1 Å². The molecular formula is C17H14ClNO3. The Bertz CT molecular complexity index is 749. The molecule has 0 saturated carbocycles. The third kappa shape index (κ3) is 1.59. The van der Waals surface area contributed by atoms with Crippen molar-refractivity contribution in [3.05, 3.63) is 64.7 Å². The summed E-state index contributed by atoms with van der Waals surface area (Å²) in [5.74, 6) is 0.377. The molecule has 1 N–H and O–H groups in total. The van der Waals surface area contributed by atoms with Crippen molar-refractivity contribution in [1.29, 1.82) is 0 Å². The second-order valence-electron chi connectivity index (χ2n) is 5.51. The zero-order valence-corrected chi connectivity index (χ0v) is 12.5. The highest BCUT2D eigenvalue weighted by molar-refractivity contribution is 6.30. The van der Waals surface area contributed by atoms with Gasteiger partial charge in [-0.2, -0.15) is 0 Å². The molecule has 0 bridgehead atoms. The molecule has 2 aliphatic heterocycles. The van der Waals surface area contributed by atoms with Gasteiger partial charge in [-0.15, -0.1) is 0 Å². The van der Waals surface area contributed by atoms with E-state index in [-0.39, 0.29) is 5.91 Å². The van der Waals surface area contributed by atoms with Crippen molar-refractivity contribution in [3.63, 3.8) is 0 Å². The van der Waals surface area contributed by atoms with E-state index in [1.54, 1.807) is 23.1 Å². The van der Waals surface area contributed by atoms with Gasteiger partial charge in [0.05, 0.1) is 6.54 Å². The van der Waals surface area contributed by atoms with Crippen molar-refractivity contribution in [1.82, 2.24) is 4.90 Å². The van der Waals surface area contributed by atoms with Crippen LogP contribution in [0.25, 0.3) is 0 Å². The fourth-order valence-electron chi connectivity index (χ4n) is 3.50. The molecular weight excluding hydrogens is 302 g/mol. The maximum Gasteiger partial charge on any atom is 0.255 e. The zero-order chi connectivity index (χ0) is 15.3. The van der Waals surface area contributed by atoms with Crippen molar-refractivity contribution in [2.75, 3.05) is 13.2 Å². The molecule has 0 aromatic heterocycles. The molecule has 2 aromatic rings. The second kappa shape index (κ2) is 4.73. The second-order valence-corrected chi connectivity index (χ2v) is 5.95. The lowest BCUT2D eigenvalue weighted by Gasteiger charge is -2.55. The van der Waals surface area contributed by atoms with Crippen molar-refractivity contribution >= 4 is 17.5 Å². The molecule has 5 heteroatoms. The van der Waals surface area contributed by atoms with Crippen LogP contribution in [0.2, 0.25) is 5.02 Å². The number of β-lactam (4-membered cyclic amide) rings is 1. The Morgan fingerprint density at radius 3 is 2.77 bits per heavy atom. The van der Waals surface area contributed by atoms with Gasteiger partial charge in [-0.25, -0.2) is 0 Å². The molecule has 22 heavy (non-hydrogen) atoms. The van der Waals surface area contributed by atoms with Gasteiger partial charge in [-0.05, 0) is 23.8 Å².